The molecule has 0 aliphatic carbocycles. The van der Waals surface area contributed by atoms with E-state index in [4.69, 9.17) is 16.3 Å². The van der Waals surface area contributed by atoms with Gasteiger partial charge in [-0.3, -0.25) is 9.59 Å². The molecule has 2 aromatic carbocycles. The van der Waals surface area contributed by atoms with E-state index < -0.39 is 5.97 Å². The number of hydrogen-bond acceptors (Lipinski definition) is 5. The topological polar surface area (TPSA) is 81.7 Å². The molecule has 0 unspecified atom stereocenters. The Morgan fingerprint density at radius 1 is 1.00 bits per heavy atom. The van der Waals surface area contributed by atoms with E-state index in [1.54, 1.807) is 36.4 Å². The molecule has 2 aromatic rings. The second-order valence-electron chi connectivity index (χ2n) is 5.73. The number of halogens is 1. The Morgan fingerprint density at radius 3 is 2.33 bits per heavy atom. The van der Waals surface area contributed by atoms with E-state index in [1.807, 2.05) is 0 Å². The summed E-state index contributed by atoms with van der Waals surface area (Å²) >= 11 is 5.92. The van der Waals surface area contributed by atoms with E-state index in [1.165, 1.54) is 20.3 Å². The monoisotopic (exact) mass is 389 g/mol. The molecule has 6 nitrogen and oxygen atoms in total. The van der Waals surface area contributed by atoms with E-state index in [-0.39, 0.29) is 24.5 Å². The number of ether oxygens (including phenoxy) is 2. The molecule has 2 rings (SSSR count). The molecular formula is C20H20ClNO5. The van der Waals surface area contributed by atoms with Gasteiger partial charge in [-0.1, -0.05) is 23.7 Å². The molecule has 0 spiro atoms. The Balaban J connectivity index is 1.85. The minimum absolute atomic E-state index is 0.0455. The maximum Gasteiger partial charge on any atom is 0.337 e. The van der Waals surface area contributed by atoms with Gasteiger partial charge in [0.2, 0.25) is 5.91 Å². The first-order valence-electron chi connectivity index (χ1n) is 8.25. The van der Waals surface area contributed by atoms with E-state index in [9.17, 15) is 14.4 Å². The molecule has 7 heteroatoms. The van der Waals surface area contributed by atoms with Gasteiger partial charge in [0.05, 0.1) is 25.3 Å². The van der Waals surface area contributed by atoms with Gasteiger partial charge in [-0.15, -0.1) is 0 Å². The molecule has 0 fully saturated rings. The van der Waals surface area contributed by atoms with Crippen molar-refractivity contribution in [2.45, 2.75) is 19.4 Å². The van der Waals surface area contributed by atoms with Crippen LogP contribution in [0.5, 0.6) is 5.75 Å². The molecule has 0 bridgehead atoms. The quantitative estimate of drug-likeness (QED) is 0.552. The van der Waals surface area contributed by atoms with Crippen molar-refractivity contribution in [3.8, 4) is 5.75 Å². The Bertz CT molecular complexity index is 833. The first kappa shape index (κ1) is 20.5. The van der Waals surface area contributed by atoms with Gasteiger partial charge in [0.15, 0.2) is 5.78 Å². The Kier molecular flexibility index (Phi) is 7.37. The Labute approximate surface area is 162 Å². The fourth-order valence-electron chi connectivity index (χ4n) is 2.43. The molecule has 0 aromatic heterocycles. The molecule has 0 atom stereocenters. The van der Waals surface area contributed by atoms with Crippen molar-refractivity contribution >= 4 is 29.3 Å². The lowest BCUT2D eigenvalue weighted by Crippen LogP contribution is -2.23. The number of Topliss-reactive ketones (excluding diaryl/α,β-unsaturated/α-hetero) is 1. The predicted molar refractivity (Wildman–Crippen MR) is 101 cm³/mol. The molecule has 0 aliphatic rings. The largest absolute Gasteiger partial charge is 0.496 e. The third-order valence-corrected chi connectivity index (χ3v) is 4.14. The normalized spacial score (nSPS) is 10.2. The van der Waals surface area contributed by atoms with Crippen molar-refractivity contribution in [2.75, 3.05) is 14.2 Å². The summed E-state index contributed by atoms with van der Waals surface area (Å²) in [5, 5.41) is 3.17. The second kappa shape index (κ2) is 9.73. The fourth-order valence-corrected chi connectivity index (χ4v) is 2.60. The van der Waals surface area contributed by atoms with Gasteiger partial charge in [-0.25, -0.2) is 4.79 Å². The maximum absolute atomic E-state index is 12.3. The average Bonchev–Trinajstić information content (AvgIpc) is 2.70. The number of hydrogen-bond donors (Lipinski definition) is 1. The highest BCUT2D eigenvalue weighted by atomic mass is 35.5. The number of ketones is 1. The number of nitrogens with one attached hydrogen (secondary N) is 1. The van der Waals surface area contributed by atoms with Crippen LogP contribution in [0, 0.1) is 0 Å². The van der Waals surface area contributed by atoms with Crippen LogP contribution in [0.2, 0.25) is 5.02 Å². The molecule has 0 aliphatic heterocycles. The van der Waals surface area contributed by atoms with Crippen molar-refractivity contribution in [1.82, 2.24) is 5.32 Å². The van der Waals surface area contributed by atoms with Crippen LogP contribution in [0.4, 0.5) is 0 Å². The number of carbonyl (C=O) groups is 3. The molecule has 0 radical (unpaired) electrons. The van der Waals surface area contributed by atoms with Crippen LogP contribution < -0.4 is 10.1 Å². The van der Waals surface area contributed by atoms with Gasteiger partial charge in [-0.05, 0) is 35.9 Å². The van der Waals surface area contributed by atoms with Crippen LogP contribution >= 0.6 is 11.6 Å². The molecule has 0 heterocycles. The van der Waals surface area contributed by atoms with Gasteiger partial charge in [0.25, 0.3) is 0 Å². The molecule has 27 heavy (non-hydrogen) atoms. The predicted octanol–water partition coefficient (Wildman–Crippen LogP) is 3.41. The Morgan fingerprint density at radius 2 is 1.70 bits per heavy atom. The SMILES string of the molecule is COC(=O)c1ccc(CNC(=O)CCC(=O)c2cc(Cl)ccc2OC)cc1. The summed E-state index contributed by atoms with van der Waals surface area (Å²) in [6.07, 6.45) is 0.0958. The first-order chi connectivity index (χ1) is 12.9. The smallest absolute Gasteiger partial charge is 0.337 e. The number of carbonyl (C=O) groups excluding carboxylic acids is 3. The lowest BCUT2D eigenvalue weighted by molar-refractivity contribution is -0.121. The standard InChI is InChI=1S/C20H20ClNO5/c1-26-18-9-7-15(21)11-16(18)17(23)8-10-19(24)22-12-13-3-5-14(6-4-13)20(25)27-2/h3-7,9,11H,8,10,12H2,1-2H3,(H,22,24). The minimum atomic E-state index is -0.416. The summed E-state index contributed by atoms with van der Waals surface area (Å²) in [4.78, 5) is 35.7. The van der Waals surface area contributed by atoms with Gasteiger partial charge < -0.3 is 14.8 Å². The third kappa shape index (κ3) is 5.82. The third-order valence-electron chi connectivity index (χ3n) is 3.91. The first-order valence-corrected chi connectivity index (χ1v) is 8.63. The van der Waals surface area contributed by atoms with Crippen molar-refractivity contribution in [1.29, 1.82) is 0 Å². The van der Waals surface area contributed by atoms with E-state index >= 15 is 0 Å². The van der Waals surface area contributed by atoms with Gasteiger partial charge in [-0.2, -0.15) is 0 Å². The highest BCUT2D eigenvalue weighted by Gasteiger charge is 2.14. The van der Waals surface area contributed by atoms with Crippen molar-refractivity contribution in [3.05, 3.63) is 64.2 Å². The molecular weight excluding hydrogens is 370 g/mol. The van der Waals surface area contributed by atoms with Gasteiger partial charge >= 0.3 is 5.97 Å². The van der Waals surface area contributed by atoms with Crippen molar-refractivity contribution < 1.29 is 23.9 Å². The summed E-state index contributed by atoms with van der Waals surface area (Å²) in [6.45, 7) is 0.301. The van der Waals surface area contributed by atoms with E-state index in [2.05, 4.69) is 10.1 Å². The zero-order valence-electron chi connectivity index (χ0n) is 15.1. The molecule has 0 saturated carbocycles. The van der Waals surface area contributed by atoms with Gasteiger partial charge in [0.1, 0.15) is 5.75 Å². The second-order valence-corrected chi connectivity index (χ2v) is 6.17. The summed E-state index contributed by atoms with van der Waals surface area (Å²) < 4.78 is 9.79. The zero-order chi connectivity index (χ0) is 19.8. The summed E-state index contributed by atoms with van der Waals surface area (Å²) in [7, 11) is 2.79. The molecule has 142 valence electrons. The number of esters is 1. The number of amides is 1. The molecule has 0 saturated heterocycles. The number of rotatable bonds is 8. The summed E-state index contributed by atoms with van der Waals surface area (Å²) in [5.74, 6) is -0.454. The van der Waals surface area contributed by atoms with Crippen LogP contribution in [0.25, 0.3) is 0 Å². The van der Waals surface area contributed by atoms with Crippen molar-refractivity contribution in [3.63, 3.8) is 0 Å². The highest BCUT2D eigenvalue weighted by molar-refractivity contribution is 6.31. The van der Waals surface area contributed by atoms with Crippen LogP contribution in [0.3, 0.4) is 0 Å². The van der Waals surface area contributed by atoms with Crippen LogP contribution in [0.15, 0.2) is 42.5 Å². The average molecular weight is 390 g/mol. The van der Waals surface area contributed by atoms with Crippen LogP contribution in [-0.2, 0) is 16.1 Å². The molecule has 1 amide bonds. The fraction of sp³-hybridized carbons (Fsp3) is 0.250. The Hall–Kier alpha value is -2.86. The lowest BCUT2D eigenvalue weighted by Gasteiger charge is -2.09. The lowest BCUT2D eigenvalue weighted by atomic mass is 10.1. The summed E-state index contributed by atoms with van der Waals surface area (Å²) in [5.41, 5.74) is 1.63. The van der Waals surface area contributed by atoms with Crippen LogP contribution in [0.1, 0.15) is 39.1 Å². The maximum atomic E-state index is 12.3. The zero-order valence-corrected chi connectivity index (χ0v) is 15.8. The summed E-state index contributed by atoms with van der Waals surface area (Å²) in [6, 6.07) is 11.5. The van der Waals surface area contributed by atoms with E-state index in [0.717, 1.165) is 5.56 Å². The molecule has 1 N–H and O–H groups in total. The van der Waals surface area contributed by atoms with Gasteiger partial charge in [0, 0.05) is 24.4 Å². The number of methoxy groups -OCH3 is 2. The minimum Gasteiger partial charge on any atom is -0.496 e. The highest BCUT2D eigenvalue weighted by Crippen LogP contribution is 2.24. The van der Waals surface area contributed by atoms with Crippen molar-refractivity contribution in [2.24, 2.45) is 0 Å². The number of benzene rings is 2. The van der Waals surface area contributed by atoms with E-state index in [0.29, 0.717) is 28.4 Å². The van der Waals surface area contributed by atoms with Crippen LogP contribution in [-0.4, -0.2) is 31.9 Å².